The standard InChI is InChI=1S/C37H53NO10/c1-4-6-8-11-14-17-30(40)18-15-12-9-10-13-16-19-32(37(46,36(44)45)24-26-47-28(3)39)34(41)38-33(35(42)43)27-29-20-22-31(23-21-29)48-25-7-5-2/h16,19-23,32-33,46H,4,6,8-15,17-18,24-27H2,1-3H3,(H,38,41)(H,42,43)(H,44,45)/b19-16+/t32-,33+,37+/m1/s1. The van der Waals surface area contributed by atoms with Gasteiger partial charge in [-0.05, 0) is 50.3 Å². The van der Waals surface area contributed by atoms with Gasteiger partial charge in [0.1, 0.15) is 24.2 Å². The van der Waals surface area contributed by atoms with Crippen LogP contribution in [0.15, 0.2) is 36.4 Å². The number of aliphatic hydroxyl groups is 1. The van der Waals surface area contributed by atoms with Crippen molar-refractivity contribution in [1.29, 1.82) is 0 Å². The maximum absolute atomic E-state index is 13.5. The van der Waals surface area contributed by atoms with Gasteiger partial charge in [0.2, 0.25) is 5.91 Å². The molecule has 0 saturated heterocycles. The Balaban J connectivity index is 2.89. The number of ether oxygens (including phenoxy) is 2. The molecule has 48 heavy (non-hydrogen) atoms. The summed E-state index contributed by atoms with van der Waals surface area (Å²) in [4.78, 5) is 61.3. The number of esters is 1. The van der Waals surface area contributed by atoms with Gasteiger partial charge in [0.05, 0.1) is 12.5 Å². The zero-order chi connectivity index (χ0) is 35.8. The van der Waals surface area contributed by atoms with E-state index in [4.69, 9.17) is 9.47 Å². The normalized spacial score (nSPS) is 13.4. The third-order valence-corrected chi connectivity index (χ3v) is 7.89. The number of allylic oxidation sites excluding steroid dienone is 1. The first kappa shape index (κ1) is 41.9. The summed E-state index contributed by atoms with van der Waals surface area (Å²) in [6.07, 6.45) is 12.5. The van der Waals surface area contributed by atoms with E-state index in [0.29, 0.717) is 37.0 Å². The zero-order valence-electron chi connectivity index (χ0n) is 28.6. The van der Waals surface area contributed by atoms with Crippen molar-refractivity contribution in [3.05, 3.63) is 42.0 Å². The highest BCUT2D eigenvalue weighted by atomic mass is 16.5. The maximum atomic E-state index is 13.5. The monoisotopic (exact) mass is 671 g/mol. The number of amides is 1. The van der Waals surface area contributed by atoms with Gasteiger partial charge in [0.15, 0.2) is 5.60 Å². The van der Waals surface area contributed by atoms with Crippen LogP contribution in [0.5, 0.6) is 5.75 Å². The van der Waals surface area contributed by atoms with Crippen LogP contribution in [0.4, 0.5) is 0 Å². The number of ketones is 1. The van der Waals surface area contributed by atoms with Gasteiger partial charge in [-0.25, -0.2) is 9.59 Å². The highest BCUT2D eigenvalue weighted by Gasteiger charge is 2.47. The fourth-order valence-electron chi connectivity index (χ4n) is 5.04. The predicted molar refractivity (Wildman–Crippen MR) is 181 cm³/mol. The van der Waals surface area contributed by atoms with E-state index >= 15 is 0 Å². The van der Waals surface area contributed by atoms with Gasteiger partial charge in [0, 0.05) is 32.6 Å². The summed E-state index contributed by atoms with van der Waals surface area (Å²) in [6.45, 7) is 4.71. The molecule has 0 heterocycles. The summed E-state index contributed by atoms with van der Waals surface area (Å²) >= 11 is 0. The van der Waals surface area contributed by atoms with E-state index in [1.165, 1.54) is 18.9 Å². The molecule has 0 saturated carbocycles. The third kappa shape index (κ3) is 17.1. The average molecular weight is 672 g/mol. The van der Waals surface area contributed by atoms with Crippen molar-refractivity contribution < 1.29 is 48.8 Å². The fourth-order valence-corrected chi connectivity index (χ4v) is 5.04. The largest absolute Gasteiger partial charge is 0.481 e. The Bertz CT molecular complexity index is 1250. The van der Waals surface area contributed by atoms with Gasteiger partial charge >= 0.3 is 17.9 Å². The number of rotatable bonds is 26. The van der Waals surface area contributed by atoms with Gasteiger partial charge in [0.25, 0.3) is 0 Å². The number of carboxylic acid groups (broad SMARTS) is 2. The van der Waals surface area contributed by atoms with Crippen molar-refractivity contribution in [2.24, 2.45) is 5.92 Å². The van der Waals surface area contributed by atoms with Crippen molar-refractivity contribution in [1.82, 2.24) is 5.32 Å². The number of nitrogens with one attached hydrogen (secondary N) is 1. The molecule has 0 aliphatic carbocycles. The van der Waals surface area contributed by atoms with Crippen LogP contribution >= 0.6 is 0 Å². The van der Waals surface area contributed by atoms with Gasteiger partial charge in [-0.15, -0.1) is 5.92 Å². The van der Waals surface area contributed by atoms with Crippen molar-refractivity contribution >= 4 is 29.6 Å². The van der Waals surface area contributed by atoms with E-state index in [1.54, 1.807) is 37.3 Å². The van der Waals surface area contributed by atoms with Crippen LogP contribution in [0.25, 0.3) is 0 Å². The maximum Gasteiger partial charge on any atom is 0.336 e. The molecule has 0 spiro atoms. The van der Waals surface area contributed by atoms with E-state index in [1.807, 2.05) is 0 Å². The van der Waals surface area contributed by atoms with E-state index in [2.05, 4.69) is 24.1 Å². The highest BCUT2D eigenvalue weighted by molar-refractivity contribution is 5.92. The summed E-state index contributed by atoms with van der Waals surface area (Å²) in [7, 11) is 0. The predicted octanol–water partition coefficient (Wildman–Crippen LogP) is 5.41. The number of unbranched alkanes of at least 4 members (excludes halogenated alkanes) is 8. The number of hydrogen-bond donors (Lipinski definition) is 4. The molecule has 0 fully saturated rings. The molecule has 11 heteroatoms. The summed E-state index contributed by atoms with van der Waals surface area (Å²) in [5, 5.41) is 33.4. The van der Waals surface area contributed by atoms with Crippen LogP contribution in [0.3, 0.4) is 0 Å². The molecule has 1 aromatic rings. The fraction of sp³-hybridized carbons (Fsp3) is 0.595. The van der Waals surface area contributed by atoms with Crippen LogP contribution in [-0.2, 0) is 35.1 Å². The highest BCUT2D eigenvalue weighted by Crippen LogP contribution is 2.26. The molecule has 0 radical (unpaired) electrons. The van der Waals surface area contributed by atoms with Crippen LogP contribution < -0.4 is 10.1 Å². The van der Waals surface area contributed by atoms with Crippen molar-refractivity contribution in [2.75, 3.05) is 13.2 Å². The molecule has 0 aliphatic rings. The molecule has 0 bridgehead atoms. The van der Waals surface area contributed by atoms with Gasteiger partial charge in [-0.3, -0.25) is 14.4 Å². The molecule has 0 aliphatic heterocycles. The summed E-state index contributed by atoms with van der Waals surface area (Å²) < 4.78 is 10.3. The minimum Gasteiger partial charge on any atom is -0.481 e. The van der Waals surface area contributed by atoms with Crippen molar-refractivity contribution in [3.63, 3.8) is 0 Å². The van der Waals surface area contributed by atoms with E-state index < -0.39 is 54.4 Å². The SMILES string of the molecule is CC#CCOc1ccc(C[C@H](NC(=O)[C@@H](/C=C/CCCCCCC(=O)CCCCCCC)[C@@](O)(CCOC(C)=O)C(=O)O)C(=O)O)cc1. The number of hydrogen-bond acceptors (Lipinski definition) is 8. The number of aliphatic carboxylic acids is 2. The lowest BCUT2D eigenvalue weighted by molar-refractivity contribution is -0.170. The molecule has 1 rings (SSSR count). The van der Waals surface area contributed by atoms with Crippen molar-refractivity contribution in [2.45, 2.75) is 122 Å². The first-order valence-electron chi connectivity index (χ1n) is 16.9. The van der Waals surface area contributed by atoms with E-state index in [9.17, 15) is 39.3 Å². The summed E-state index contributed by atoms with van der Waals surface area (Å²) in [5.74, 6) is -0.138. The second kappa shape index (κ2) is 24.0. The smallest absolute Gasteiger partial charge is 0.336 e. The molecule has 0 aromatic heterocycles. The number of Topliss-reactive ketones (excluding diaryl/α,β-unsaturated/α-hetero) is 1. The van der Waals surface area contributed by atoms with Crippen molar-refractivity contribution in [3.8, 4) is 17.6 Å². The first-order chi connectivity index (χ1) is 22.9. The Morgan fingerprint density at radius 3 is 2.12 bits per heavy atom. The van der Waals surface area contributed by atoms with E-state index in [0.717, 1.165) is 45.4 Å². The molecule has 1 aromatic carbocycles. The Morgan fingerprint density at radius 2 is 1.56 bits per heavy atom. The van der Waals surface area contributed by atoms with Crippen LogP contribution in [0.1, 0.15) is 110 Å². The van der Waals surface area contributed by atoms with Crippen LogP contribution in [-0.4, -0.2) is 69.8 Å². The van der Waals surface area contributed by atoms with E-state index in [-0.39, 0.29) is 18.8 Å². The van der Waals surface area contributed by atoms with Crippen LogP contribution in [0, 0.1) is 17.8 Å². The summed E-state index contributed by atoms with van der Waals surface area (Å²) in [6, 6.07) is 5.14. The number of benzene rings is 1. The third-order valence-electron chi connectivity index (χ3n) is 7.89. The number of carboxylic acids is 2. The lowest BCUT2D eigenvalue weighted by Crippen LogP contribution is -2.55. The Labute approximate surface area is 284 Å². The van der Waals surface area contributed by atoms with Gasteiger partial charge < -0.3 is 30.1 Å². The van der Waals surface area contributed by atoms with Crippen LogP contribution in [0.2, 0.25) is 0 Å². The average Bonchev–Trinajstić information content (AvgIpc) is 3.04. The Morgan fingerprint density at radius 1 is 0.938 bits per heavy atom. The lowest BCUT2D eigenvalue weighted by atomic mass is 9.83. The first-order valence-corrected chi connectivity index (χ1v) is 16.9. The second-order valence-corrected chi connectivity index (χ2v) is 11.8. The zero-order valence-corrected chi connectivity index (χ0v) is 28.6. The molecular formula is C37H53NO10. The minimum atomic E-state index is -2.68. The lowest BCUT2D eigenvalue weighted by Gasteiger charge is -2.30. The molecule has 0 unspecified atom stereocenters. The Hall–Kier alpha value is -4.17. The quantitative estimate of drug-likeness (QED) is 0.0431. The number of carbonyl (C=O) groups excluding carboxylic acids is 3. The molecule has 3 atom stereocenters. The second-order valence-electron chi connectivity index (χ2n) is 11.8. The molecule has 4 N–H and O–H groups in total. The topological polar surface area (TPSA) is 177 Å². The van der Waals surface area contributed by atoms with Gasteiger partial charge in [-0.2, -0.15) is 0 Å². The number of carbonyl (C=O) groups is 5. The Kier molecular flexibility index (Phi) is 21.0. The molecule has 11 nitrogen and oxygen atoms in total. The van der Waals surface area contributed by atoms with Gasteiger partial charge in [-0.1, -0.05) is 75.7 Å². The molecular weight excluding hydrogens is 618 g/mol. The summed E-state index contributed by atoms with van der Waals surface area (Å²) in [5.41, 5.74) is -2.11. The molecule has 266 valence electrons. The minimum absolute atomic E-state index is 0.118. The molecule has 1 amide bonds.